The maximum Gasteiger partial charge on any atom is 0.337 e. The number of fused-ring (bicyclic) bond motifs is 1. The van der Waals surface area contributed by atoms with Crippen molar-refractivity contribution in [3.63, 3.8) is 0 Å². The van der Waals surface area contributed by atoms with Crippen molar-refractivity contribution in [2.45, 2.75) is 24.3 Å². The zero-order chi connectivity index (χ0) is 18.9. The van der Waals surface area contributed by atoms with Gasteiger partial charge < -0.3 is 14.6 Å². The number of hydrogen-bond acceptors (Lipinski definition) is 5. The molecule has 0 amide bonds. The minimum Gasteiger partial charge on any atom is -0.493 e. The van der Waals surface area contributed by atoms with Gasteiger partial charge in [-0.05, 0) is 48.2 Å². The first kappa shape index (κ1) is 18.4. The fourth-order valence-electron chi connectivity index (χ4n) is 3.02. The number of sulfonamides is 1. The summed E-state index contributed by atoms with van der Waals surface area (Å²) in [7, 11) is -3.86. The lowest BCUT2D eigenvalue weighted by Crippen LogP contribution is -2.23. The van der Waals surface area contributed by atoms with E-state index >= 15 is 0 Å². The molecule has 8 heteroatoms. The molecule has 2 aromatic rings. The maximum atomic E-state index is 11.7. The predicted octanol–water partition coefficient (Wildman–Crippen LogP) is 2.10. The van der Waals surface area contributed by atoms with E-state index in [2.05, 4.69) is 0 Å². The monoisotopic (exact) mass is 377 g/mol. The number of carboxylic acids is 1. The van der Waals surface area contributed by atoms with Crippen molar-refractivity contribution < 1.29 is 27.8 Å². The van der Waals surface area contributed by atoms with E-state index in [1.807, 2.05) is 13.0 Å². The fraction of sp³-hybridized carbons (Fsp3) is 0.278. The molecule has 7 nitrogen and oxygen atoms in total. The summed E-state index contributed by atoms with van der Waals surface area (Å²) in [4.78, 5) is 11.3. The fourth-order valence-corrected chi connectivity index (χ4v) is 3.56. The van der Waals surface area contributed by atoms with E-state index in [4.69, 9.17) is 14.6 Å². The molecule has 3 N–H and O–H groups in total. The van der Waals surface area contributed by atoms with Crippen molar-refractivity contribution in [1.29, 1.82) is 0 Å². The van der Waals surface area contributed by atoms with Gasteiger partial charge in [-0.1, -0.05) is 18.2 Å². The number of hydrogen-bond donors (Lipinski definition) is 2. The van der Waals surface area contributed by atoms with Crippen LogP contribution in [-0.4, -0.2) is 32.7 Å². The summed E-state index contributed by atoms with van der Waals surface area (Å²) >= 11 is 0. The lowest BCUT2D eigenvalue weighted by Gasteiger charge is -2.24. The minimum atomic E-state index is -3.86. The van der Waals surface area contributed by atoms with Crippen LogP contribution < -0.4 is 9.88 Å². The van der Waals surface area contributed by atoms with Crippen molar-refractivity contribution in [2.75, 3.05) is 13.2 Å². The third-order valence-electron chi connectivity index (χ3n) is 4.20. The summed E-state index contributed by atoms with van der Waals surface area (Å²) in [6.45, 7) is 2.56. The van der Waals surface area contributed by atoms with Gasteiger partial charge in [0, 0.05) is 5.56 Å². The Balaban J connectivity index is 2.12. The SMILES string of the molecule is CCOc1ccc(S(N)(=O)=O)cc1-c1ccc2c(c1)CCOC2C(=O)O. The van der Waals surface area contributed by atoms with Crippen LogP contribution in [0.25, 0.3) is 11.1 Å². The highest BCUT2D eigenvalue weighted by molar-refractivity contribution is 7.89. The van der Waals surface area contributed by atoms with Crippen LogP contribution in [0.5, 0.6) is 5.75 Å². The Morgan fingerprint density at radius 3 is 2.73 bits per heavy atom. The number of nitrogens with two attached hydrogens (primary N) is 1. The normalized spacial score (nSPS) is 16.8. The minimum absolute atomic E-state index is 0.0135. The molecule has 0 saturated heterocycles. The van der Waals surface area contributed by atoms with Gasteiger partial charge in [-0.3, -0.25) is 0 Å². The van der Waals surface area contributed by atoms with E-state index in [0.29, 0.717) is 36.5 Å². The van der Waals surface area contributed by atoms with Crippen molar-refractivity contribution in [2.24, 2.45) is 5.14 Å². The third kappa shape index (κ3) is 3.57. The molecule has 0 aliphatic carbocycles. The highest BCUT2D eigenvalue weighted by atomic mass is 32.2. The number of carboxylic acid groups (broad SMARTS) is 1. The van der Waals surface area contributed by atoms with Gasteiger partial charge >= 0.3 is 5.97 Å². The van der Waals surface area contributed by atoms with E-state index in [1.165, 1.54) is 12.1 Å². The summed E-state index contributed by atoms with van der Waals surface area (Å²) in [5.74, 6) is -0.508. The van der Waals surface area contributed by atoms with Crippen LogP contribution >= 0.6 is 0 Å². The highest BCUT2D eigenvalue weighted by Crippen LogP contribution is 2.36. The molecule has 2 aromatic carbocycles. The van der Waals surface area contributed by atoms with Gasteiger partial charge in [0.05, 0.1) is 18.1 Å². The molecular weight excluding hydrogens is 358 g/mol. The van der Waals surface area contributed by atoms with Gasteiger partial charge in [-0.25, -0.2) is 18.4 Å². The van der Waals surface area contributed by atoms with Crippen LogP contribution in [-0.2, 0) is 26.0 Å². The third-order valence-corrected chi connectivity index (χ3v) is 5.11. The lowest BCUT2D eigenvalue weighted by molar-refractivity contribution is -0.151. The van der Waals surface area contributed by atoms with Gasteiger partial charge in [0.15, 0.2) is 6.10 Å². The number of aliphatic carboxylic acids is 1. The average Bonchev–Trinajstić information content (AvgIpc) is 2.60. The number of rotatable bonds is 5. The summed E-state index contributed by atoms with van der Waals surface area (Å²) in [6, 6.07) is 9.71. The Morgan fingerprint density at radius 1 is 1.31 bits per heavy atom. The quantitative estimate of drug-likeness (QED) is 0.824. The van der Waals surface area contributed by atoms with Crippen LogP contribution in [0.4, 0.5) is 0 Å². The molecule has 3 rings (SSSR count). The molecule has 1 heterocycles. The summed E-state index contributed by atoms with van der Waals surface area (Å²) in [5.41, 5.74) is 2.76. The zero-order valence-corrected chi connectivity index (χ0v) is 15.0. The molecule has 138 valence electrons. The molecule has 0 spiro atoms. The van der Waals surface area contributed by atoms with Crippen LogP contribution in [0.3, 0.4) is 0 Å². The molecule has 1 atom stereocenters. The van der Waals surface area contributed by atoms with Gasteiger partial charge in [0.25, 0.3) is 0 Å². The second kappa shape index (κ2) is 7.06. The number of ether oxygens (including phenoxy) is 2. The van der Waals surface area contributed by atoms with E-state index < -0.39 is 22.1 Å². The lowest BCUT2D eigenvalue weighted by atomic mass is 9.93. The zero-order valence-electron chi connectivity index (χ0n) is 14.1. The molecule has 0 fully saturated rings. The first-order valence-electron chi connectivity index (χ1n) is 8.08. The van der Waals surface area contributed by atoms with Crippen molar-refractivity contribution in [3.05, 3.63) is 47.5 Å². The molecule has 0 bridgehead atoms. The smallest absolute Gasteiger partial charge is 0.337 e. The molecule has 1 unspecified atom stereocenters. The number of primary sulfonamides is 1. The van der Waals surface area contributed by atoms with Crippen molar-refractivity contribution in [1.82, 2.24) is 0 Å². The van der Waals surface area contributed by atoms with E-state index in [1.54, 1.807) is 18.2 Å². The topological polar surface area (TPSA) is 116 Å². The maximum absolute atomic E-state index is 11.7. The van der Waals surface area contributed by atoms with E-state index in [-0.39, 0.29) is 4.90 Å². The molecule has 0 aromatic heterocycles. The summed E-state index contributed by atoms with van der Waals surface area (Å²) < 4.78 is 34.3. The van der Waals surface area contributed by atoms with E-state index in [0.717, 1.165) is 11.1 Å². The Morgan fingerprint density at radius 2 is 2.08 bits per heavy atom. The first-order valence-corrected chi connectivity index (χ1v) is 9.63. The molecular formula is C18H19NO6S. The van der Waals surface area contributed by atoms with Crippen molar-refractivity contribution >= 4 is 16.0 Å². The summed E-state index contributed by atoms with van der Waals surface area (Å²) in [5, 5.41) is 14.5. The highest BCUT2D eigenvalue weighted by Gasteiger charge is 2.27. The molecule has 1 aliphatic heterocycles. The van der Waals surface area contributed by atoms with E-state index in [9.17, 15) is 18.3 Å². The molecule has 26 heavy (non-hydrogen) atoms. The van der Waals surface area contributed by atoms with Crippen LogP contribution in [0.2, 0.25) is 0 Å². The first-order chi connectivity index (χ1) is 12.3. The predicted molar refractivity (Wildman–Crippen MR) is 94.5 cm³/mol. The number of carbonyl (C=O) groups is 1. The van der Waals surface area contributed by atoms with Crippen molar-refractivity contribution in [3.8, 4) is 16.9 Å². The van der Waals surface area contributed by atoms with Gasteiger partial charge in [0.2, 0.25) is 10.0 Å². The largest absolute Gasteiger partial charge is 0.493 e. The number of benzene rings is 2. The summed E-state index contributed by atoms with van der Waals surface area (Å²) in [6.07, 6.45) is -0.416. The molecule has 0 saturated carbocycles. The molecule has 0 radical (unpaired) electrons. The van der Waals surface area contributed by atoms with Crippen LogP contribution in [0.1, 0.15) is 24.2 Å². The standard InChI is InChI=1S/C18H19NO6S/c1-2-24-16-6-4-13(26(19,22)23)10-15(16)11-3-5-14-12(9-11)7-8-25-17(14)18(20)21/h3-6,9-10,17H,2,7-8H2,1H3,(H,20,21)(H2,19,22,23). The van der Waals surface area contributed by atoms with Crippen LogP contribution in [0.15, 0.2) is 41.3 Å². The second-order valence-electron chi connectivity index (χ2n) is 5.89. The Kier molecular flexibility index (Phi) is 4.99. The van der Waals surface area contributed by atoms with Gasteiger partial charge in [-0.2, -0.15) is 0 Å². The average molecular weight is 377 g/mol. The Bertz CT molecular complexity index is 954. The van der Waals surface area contributed by atoms with Gasteiger partial charge in [0.1, 0.15) is 5.75 Å². The molecule has 1 aliphatic rings. The van der Waals surface area contributed by atoms with Gasteiger partial charge in [-0.15, -0.1) is 0 Å². The Labute approximate surface area is 151 Å². The second-order valence-corrected chi connectivity index (χ2v) is 7.45. The Hall–Kier alpha value is -2.42. The van der Waals surface area contributed by atoms with Crippen LogP contribution in [0, 0.1) is 0 Å².